The molecule has 1 fully saturated rings. The van der Waals surface area contributed by atoms with Crippen LogP contribution >= 0.6 is 0 Å². The quantitative estimate of drug-likeness (QED) is 0.779. The van der Waals surface area contributed by atoms with Crippen molar-refractivity contribution in [2.24, 2.45) is 12.5 Å². The summed E-state index contributed by atoms with van der Waals surface area (Å²) in [5.41, 5.74) is 1.29. The van der Waals surface area contributed by atoms with Gasteiger partial charge in [0.2, 0.25) is 0 Å². The maximum Gasteiger partial charge on any atom is 0.193 e. The first-order chi connectivity index (χ1) is 8.89. The molecule has 3 nitrogen and oxygen atoms in total. The van der Waals surface area contributed by atoms with Crippen molar-refractivity contribution in [2.75, 3.05) is 13.6 Å². The lowest BCUT2D eigenvalue weighted by Gasteiger charge is -2.38. The summed E-state index contributed by atoms with van der Waals surface area (Å²) >= 11 is 0. The maximum absolute atomic E-state index is 12.2. The zero-order valence-corrected chi connectivity index (χ0v) is 12.6. The van der Waals surface area contributed by atoms with Crippen molar-refractivity contribution in [2.45, 2.75) is 45.6 Å². The third kappa shape index (κ3) is 3.47. The van der Waals surface area contributed by atoms with Crippen LogP contribution in [0.2, 0.25) is 0 Å². The minimum atomic E-state index is 0.222. The lowest BCUT2D eigenvalue weighted by atomic mass is 9.75. The first-order valence-corrected chi connectivity index (χ1v) is 7.24. The molecular formula is C16H26N2O. The zero-order valence-electron chi connectivity index (χ0n) is 12.6. The van der Waals surface area contributed by atoms with Crippen LogP contribution in [-0.2, 0) is 7.05 Å². The van der Waals surface area contributed by atoms with Crippen molar-refractivity contribution in [3.63, 3.8) is 0 Å². The minimum absolute atomic E-state index is 0.222. The molecule has 106 valence electrons. The van der Waals surface area contributed by atoms with Crippen molar-refractivity contribution in [3.8, 4) is 0 Å². The van der Waals surface area contributed by atoms with Crippen molar-refractivity contribution in [1.29, 1.82) is 0 Å². The number of aromatic nitrogens is 1. The lowest BCUT2D eigenvalue weighted by Crippen LogP contribution is -2.40. The predicted molar refractivity (Wildman–Crippen MR) is 78.4 cm³/mol. The van der Waals surface area contributed by atoms with E-state index in [1.165, 1.54) is 25.7 Å². The number of aryl methyl sites for hydroxylation is 1. The average molecular weight is 262 g/mol. The third-order valence-electron chi connectivity index (χ3n) is 4.55. The second kappa shape index (κ2) is 5.49. The number of ketones is 1. The summed E-state index contributed by atoms with van der Waals surface area (Å²) in [7, 11) is 4.01. The monoisotopic (exact) mass is 262 g/mol. The number of likely N-dealkylation sites (N-methyl/N-ethyl adjacent to an activating group) is 1. The molecule has 3 heteroatoms. The lowest BCUT2D eigenvalue weighted by molar-refractivity contribution is 0.0844. The molecule has 19 heavy (non-hydrogen) atoms. The van der Waals surface area contributed by atoms with Crippen LogP contribution in [0.25, 0.3) is 0 Å². The van der Waals surface area contributed by atoms with E-state index in [-0.39, 0.29) is 5.78 Å². The Bertz CT molecular complexity index is 437. The first kappa shape index (κ1) is 14.3. The molecule has 0 aromatic carbocycles. The summed E-state index contributed by atoms with van der Waals surface area (Å²) in [6.07, 6.45) is 6.88. The fraction of sp³-hybridized carbons (Fsp3) is 0.688. The van der Waals surface area contributed by atoms with Gasteiger partial charge in [0, 0.05) is 19.3 Å². The van der Waals surface area contributed by atoms with Crippen LogP contribution in [0.3, 0.4) is 0 Å². The second-order valence-electron chi connectivity index (χ2n) is 6.74. The van der Waals surface area contributed by atoms with Gasteiger partial charge in [-0.15, -0.1) is 0 Å². The predicted octanol–water partition coefficient (Wildman–Crippen LogP) is 3.11. The van der Waals surface area contributed by atoms with Gasteiger partial charge in [0.1, 0.15) is 0 Å². The summed E-state index contributed by atoms with van der Waals surface area (Å²) in [4.78, 5) is 14.5. The van der Waals surface area contributed by atoms with Crippen LogP contribution in [0.5, 0.6) is 0 Å². The highest BCUT2D eigenvalue weighted by Crippen LogP contribution is 2.36. The van der Waals surface area contributed by atoms with E-state index in [1.807, 2.05) is 29.9 Å². The maximum atomic E-state index is 12.2. The van der Waals surface area contributed by atoms with E-state index in [2.05, 4.69) is 25.8 Å². The Morgan fingerprint density at radius 2 is 2.05 bits per heavy atom. The minimum Gasteiger partial charge on any atom is -0.348 e. The van der Waals surface area contributed by atoms with Crippen molar-refractivity contribution in [3.05, 3.63) is 24.0 Å². The number of Topliss-reactive ketones (excluding diaryl/α,β-unsaturated/α-hetero) is 1. The van der Waals surface area contributed by atoms with E-state index in [0.29, 0.717) is 18.0 Å². The highest BCUT2D eigenvalue weighted by Gasteiger charge is 2.29. The molecule has 0 atom stereocenters. The Morgan fingerprint density at radius 3 is 2.58 bits per heavy atom. The Balaban J connectivity index is 1.90. The zero-order chi connectivity index (χ0) is 14.0. The second-order valence-corrected chi connectivity index (χ2v) is 6.74. The van der Waals surface area contributed by atoms with Crippen LogP contribution in [-0.4, -0.2) is 34.9 Å². The van der Waals surface area contributed by atoms with E-state index in [9.17, 15) is 4.79 Å². The van der Waals surface area contributed by atoms with E-state index in [0.717, 1.165) is 5.69 Å². The SMILES string of the molecule is CN(CC(=O)c1cccn1C)C1CCC(C)(C)CC1. The van der Waals surface area contributed by atoms with Gasteiger partial charge in [-0.3, -0.25) is 9.69 Å². The molecular weight excluding hydrogens is 236 g/mol. The highest BCUT2D eigenvalue weighted by molar-refractivity contribution is 5.96. The van der Waals surface area contributed by atoms with Gasteiger partial charge in [0.05, 0.1) is 12.2 Å². The number of nitrogens with zero attached hydrogens (tertiary/aromatic N) is 2. The summed E-state index contributed by atoms with van der Waals surface area (Å²) in [6.45, 7) is 5.22. The van der Waals surface area contributed by atoms with Crippen LogP contribution < -0.4 is 0 Å². The van der Waals surface area contributed by atoms with E-state index in [4.69, 9.17) is 0 Å². The summed E-state index contributed by atoms with van der Waals surface area (Å²) in [5.74, 6) is 0.222. The average Bonchev–Trinajstić information content (AvgIpc) is 2.75. The van der Waals surface area contributed by atoms with Crippen molar-refractivity contribution in [1.82, 2.24) is 9.47 Å². The summed E-state index contributed by atoms with van der Waals surface area (Å²) in [5, 5.41) is 0. The normalized spacial score (nSPS) is 19.8. The Kier molecular flexibility index (Phi) is 4.14. The van der Waals surface area contributed by atoms with Crippen LogP contribution in [0.4, 0.5) is 0 Å². The number of carbonyl (C=O) groups excluding carboxylic acids is 1. The molecule has 0 saturated heterocycles. The van der Waals surface area contributed by atoms with Gasteiger partial charge in [0.15, 0.2) is 5.78 Å². The molecule has 0 spiro atoms. The molecule has 1 heterocycles. The first-order valence-electron chi connectivity index (χ1n) is 7.24. The van der Waals surface area contributed by atoms with Gasteiger partial charge in [-0.25, -0.2) is 0 Å². The molecule has 1 aromatic heterocycles. The molecule has 0 aliphatic heterocycles. The Morgan fingerprint density at radius 1 is 1.42 bits per heavy atom. The molecule has 0 radical (unpaired) electrons. The van der Waals surface area contributed by atoms with E-state index < -0.39 is 0 Å². The molecule has 1 aliphatic rings. The molecule has 1 aliphatic carbocycles. The topological polar surface area (TPSA) is 25.2 Å². The largest absolute Gasteiger partial charge is 0.348 e. The van der Waals surface area contributed by atoms with E-state index >= 15 is 0 Å². The number of rotatable bonds is 4. The smallest absolute Gasteiger partial charge is 0.193 e. The number of hydrogen-bond acceptors (Lipinski definition) is 2. The number of carbonyl (C=O) groups is 1. The standard InChI is InChI=1S/C16H26N2O/c1-16(2)9-7-13(8-10-16)18(4)12-15(19)14-6-5-11-17(14)3/h5-6,11,13H,7-10,12H2,1-4H3. The van der Waals surface area contributed by atoms with Gasteiger partial charge in [-0.1, -0.05) is 13.8 Å². The number of hydrogen-bond donors (Lipinski definition) is 0. The molecule has 0 unspecified atom stereocenters. The summed E-state index contributed by atoms with van der Waals surface area (Å²) in [6, 6.07) is 4.40. The van der Waals surface area contributed by atoms with Crippen molar-refractivity contribution < 1.29 is 4.79 Å². The Labute approximate surface area is 116 Å². The van der Waals surface area contributed by atoms with Gasteiger partial charge >= 0.3 is 0 Å². The molecule has 0 amide bonds. The molecule has 0 N–H and O–H groups in total. The molecule has 0 bridgehead atoms. The van der Waals surface area contributed by atoms with Gasteiger partial charge < -0.3 is 4.57 Å². The van der Waals surface area contributed by atoms with Gasteiger partial charge in [-0.05, 0) is 50.3 Å². The van der Waals surface area contributed by atoms with Crippen LogP contribution in [0.15, 0.2) is 18.3 Å². The van der Waals surface area contributed by atoms with Gasteiger partial charge in [0.25, 0.3) is 0 Å². The molecule has 2 rings (SSSR count). The highest BCUT2D eigenvalue weighted by atomic mass is 16.1. The van der Waals surface area contributed by atoms with Crippen molar-refractivity contribution >= 4 is 5.78 Å². The third-order valence-corrected chi connectivity index (χ3v) is 4.55. The van der Waals surface area contributed by atoms with E-state index in [1.54, 1.807) is 0 Å². The van der Waals surface area contributed by atoms with Gasteiger partial charge in [-0.2, -0.15) is 0 Å². The summed E-state index contributed by atoms with van der Waals surface area (Å²) < 4.78 is 1.90. The van der Waals surface area contributed by atoms with Crippen LogP contribution in [0.1, 0.15) is 50.0 Å². The Hall–Kier alpha value is -1.09. The van der Waals surface area contributed by atoms with Crippen LogP contribution in [0, 0.1) is 5.41 Å². The fourth-order valence-corrected chi connectivity index (χ4v) is 3.01. The molecule has 1 aromatic rings. The molecule has 1 saturated carbocycles. The fourth-order valence-electron chi connectivity index (χ4n) is 3.01.